The Morgan fingerprint density at radius 2 is 2.03 bits per heavy atom. The molecule has 8 heteroatoms. The van der Waals surface area contributed by atoms with Crippen LogP contribution in [0.15, 0.2) is 23.1 Å². The number of carbonyl (C=O) groups is 1. The van der Waals surface area contributed by atoms with Gasteiger partial charge in [0, 0.05) is 40.5 Å². The van der Waals surface area contributed by atoms with Gasteiger partial charge in [0.25, 0.3) is 11.5 Å². The van der Waals surface area contributed by atoms with E-state index in [-0.39, 0.29) is 29.1 Å². The molecule has 0 aliphatic carbocycles. The van der Waals surface area contributed by atoms with Gasteiger partial charge in [-0.15, -0.1) is 0 Å². The number of aromatic amines is 2. The standard InChI is InChI=1S/C21H21Cl2N3O3/c1-10(2)29-16-8-15(22)13-5-7-26(21(28)17(13)18(16)23)9-14-12-4-6-24-19(12)11(3)25-20(14)27/h4,6,8,10,24H,5,7,9H2,1-3H3,(H,25,27). The van der Waals surface area contributed by atoms with Crippen molar-refractivity contribution in [2.45, 2.75) is 39.8 Å². The maximum atomic E-state index is 13.3. The number of rotatable bonds is 4. The van der Waals surface area contributed by atoms with Crippen LogP contribution in [0.25, 0.3) is 10.9 Å². The van der Waals surface area contributed by atoms with Crippen molar-refractivity contribution in [1.29, 1.82) is 0 Å². The van der Waals surface area contributed by atoms with Gasteiger partial charge >= 0.3 is 0 Å². The minimum Gasteiger partial charge on any atom is -0.489 e. The summed E-state index contributed by atoms with van der Waals surface area (Å²) in [6.07, 6.45) is 2.24. The quantitative estimate of drug-likeness (QED) is 0.637. The minimum absolute atomic E-state index is 0.107. The van der Waals surface area contributed by atoms with E-state index in [2.05, 4.69) is 9.97 Å². The number of aromatic nitrogens is 2. The molecular weight excluding hydrogens is 413 g/mol. The number of pyridine rings is 1. The Kier molecular flexibility index (Phi) is 5.09. The lowest BCUT2D eigenvalue weighted by Gasteiger charge is -2.30. The highest BCUT2D eigenvalue weighted by Gasteiger charge is 2.31. The van der Waals surface area contributed by atoms with E-state index in [1.54, 1.807) is 17.2 Å². The van der Waals surface area contributed by atoms with Crippen LogP contribution in [0.4, 0.5) is 0 Å². The van der Waals surface area contributed by atoms with Gasteiger partial charge in [-0.25, -0.2) is 0 Å². The van der Waals surface area contributed by atoms with Crippen molar-refractivity contribution in [3.63, 3.8) is 0 Å². The lowest BCUT2D eigenvalue weighted by Crippen LogP contribution is -2.39. The summed E-state index contributed by atoms with van der Waals surface area (Å²) < 4.78 is 5.73. The molecule has 6 nitrogen and oxygen atoms in total. The van der Waals surface area contributed by atoms with Crippen LogP contribution in [0.3, 0.4) is 0 Å². The zero-order chi connectivity index (χ0) is 20.9. The maximum absolute atomic E-state index is 13.3. The molecule has 0 atom stereocenters. The molecule has 0 fully saturated rings. The van der Waals surface area contributed by atoms with Gasteiger partial charge in [-0.2, -0.15) is 0 Å². The molecule has 1 aliphatic heterocycles. The van der Waals surface area contributed by atoms with Gasteiger partial charge in [0.2, 0.25) is 0 Å². The predicted octanol–water partition coefficient (Wildman–Crippen LogP) is 4.46. The number of H-pyrrole nitrogens is 2. The van der Waals surface area contributed by atoms with Crippen molar-refractivity contribution in [3.8, 4) is 5.75 Å². The van der Waals surface area contributed by atoms with Gasteiger partial charge in [0.15, 0.2) is 0 Å². The van der Waals surface area contributed by atoms with Gasteiger partial charge in [-0.05, 0) is 38.8 Å². The van der Waals surface area contributed by atoms with E-state index < -0.39 is 0 Å². The second-order valence-electron chi connectivity index (χ2n) is 7.49. The fraction of sp³-hybridized carbons (Fsp3) is 0.333. The van der Waals surface area contributed by atoms with Gasteiger partial charge in [0.05, 0.1) is 28.8 Å². The van der Waals surface area contributed by atoms with E-state index in [4.69, 9.17) is 27.9 Å². The summed E-state index contributed by atoms with van der Waals surface area (Å²) >= 11 is 12.9. The highest BCUT2D eigenvalue weighted by molar-refractivity contribution is 6.38. The summed E-state index contributed by atoms with van der Waals surface area (Å²) in [7, 11) is 0. The highest BCUT2D eigenvalue weighted by atomic mass is 35.5. The lowest BCUT2D eigenvalue weighted by molar-refractivity contribution is 0.0726. The second kappa shape index (κ2) is 7.43. The Labute approximate surface area is 177 Å². The maximum Gasteiger partial charge on any atom is 0.256 e. The molecule has 29 heavy (non-hydrogen) atoms. The molecule has 3 aromatic rings. The average Bonchev–Trinajstić information content (AvgIpc) is 3.14. The molecule has 0 saturated carbocycles. The van der Waals surface area contributed by atoms with Crippen LogP contribution in [0, 0.1) is 6.92 Å². The van der Waals surface area contributed by atoms with Crippen LogP contribution in [0.5, 0.6) is 5.75 Å². The Morgan fingerprint density at radius 1 is 1.28 bits per heavy atom. The van der Waals surface area contributed by atoms with Crippen molar-refractivity contribution >= 4 is 40.0 Å². The molecule has 1 aromatic carbocycles. The molecule has 0 radical (unpaired) electrons. The van der Waals surface area contributed by atoms with E-state index in [9.17, 15) is 9.59 Å². The first kappa shape index (κ1) is 19.9. The number of nitrogens with one attached hydrogen (secondary N) is 2. The third kappa shape index (κ3) is 3.40. The summed E-state index contributed by atoms with van der Waals surface area (Å²) in [5.74, 6) is 0.137. The minimum atomic E-state index is -0.254. The normalized spacial score (nSPS) is 14.0. The Balaban J connectivity index is 1.74. The smallest absolute Gasteiger partial charge is 0.256 e. The van der Waals surface area contributed by atoms with Crippen molar-refractivity contribution in [3.05, 3.63) is 61.1 Å². The molecule has 152 valence electrons. The van der Waals surface area contributed by atoms with Gasteiger partial charge in [-0.1, -0.05) is 23.2 Å². The van der Waals surface area contributed by atoms with Crippen molar-refractivity contribution in [2.75, 3.05) is 6.54 Å². The SMILES string of the molecule is Cc1[nH]c(=O)c(CN2CCc3c(Cl)cc(OC(C)C)c(Cl)c3C2=O)c2cc[nH]c12. The average molecular weight is 434 g/mol. The van der Waals surface area contributed by atoms with Gasteiger partial charge in [-0.3, -0.25) is 9.59 Å². The van der Waals surface area contributed by atoms with E-state index in [0.29, 0.717) is 34.9 Å². The number of nitrogens with zero attached hydrogens (tertiary/aromatic N) is 1. The molecule has 1 aliphatic rings. The molecule has 4 rings (SSSR count). The number of fused-ring (bicyclic) bond motifs is 2. The second-order valence-corrected chi connectivity index (χ2v) is 8.28. The molecule has 3 heterocycles. The summed E-state index contributed by atoms with van der Waals surface area (Å²) in [6, 6.07) is 3.52. The molecule has 0 bridgehead atoms. The fourth-order valence-corrected chi connectivity index (χ4v) is 4.40. The monoisotopic (exact) mass is 433 g/mol. The van der Waals surface area contributed by atoms with Crippen LogP contribution < -0.4 is 10.3 Å². The van der Waals surface area contributed by atoms with Gasteiger partial charge in [0.1, 0.15) is 5.75 Å². The number of benzene rings is 1. The summed E-state index contributed by atoms with van der Waals surface area (Å²) in [5.41, 5.74) is 3.04. The van der Waals surface area contributed by atoms with Crippen LogP contribution in [-0.4, -0.2) is 33.4 Å². The van der Waals surface area contributed by atoms with Crippen molar-refractivity contribution in [2.24, 2.45) is 0 Å². The van der Waals surface area contributed by atoms with E-state index in [1.807, 2.05) is 26.8 Å². The highest BCUT2D eigenvalue weighted by Crippen LogP contribution is 2.39. The van der Waals surface area contributed by atoms with E-state index >= 15 is 0 Å². The molecular formula is C21H21Cl2N3O3. The first-order valence-electron chi connectivity index (χ1n) is 9.43. The van der Waals surface area contributed by atoms with Gasteiger partial charge < -0.3 is 19.6 Å². The number of aryl methyl sites for hydroxylation is 1. The predicted molar refractivity (Wildman–Crippen MR) is 114 cm³/mol. The van der Waals surface area contributed by atoms with Crippen LogP contribution in [-0.2, 0) is 13.0 Å². The van der Waals surface area contributed by atoms with Crippen molar-refractivity contribution in [1.82, 2.24) is 14.9 Å². The summed E-state index contributed by atoms with van der Waals surface area (Å²) in [4.78, 5) is 33.5. The van der Waals surface area contributed by atoms with E-state index in [0.717, 1.165) is 22.2 Å². The first-order chi connectivity index (χ1) is 13.8. The van der Waals surface area contributed by atoms with Crippen LogP contribution in [0.1, 0.15) is 41.0 Å². The number of halogens is 2. The zero-order valence-corrected chi connectivity index (χ0v) is 17.9. The molecule has 0 unspecified atom stereocenters. The molecule has 2 aromatic heterocycles. The summed E-state index contributed by atoms with van der Waals surface area (Å²) in [5, 5.41) is 1.54. The number of carbonyl (C=O) groups excluding carboxylic acids is 1. The first-order valence-corrected chi connectivity index (χ1v) is 10.2. The number of amides is 1. The topological polar surface area (TPSA) is 78.2 Å². The van der Waals surface area contributed by atoms with Crippen LogP contribution in [0.2, 0.25) is 10.0 Å². The molecule has 0 spiro atoms. The fourth-order valence-electron chi connectivity index (χ4n) is 3.81. The Bertz CT molecular complexity index is 1180. The summed E-state index contributed by atoms with van der Waals surface area (Å²) in [6.45, 7) is 6.23. The number of hydrogen-bond acceptors (Lipinski definition) is 3. The largest absolute Gasteiger partial charge is 0.489 e. The van der Waals surface area contributed by atoms with Crippen molar-refractivity contribution < 1.29 is 9.53 Å². The number of ether oxygens (including phenoxy) is 1. The lowest BCUT2D eigenvalue weighted by atomic mass is 9.97. The van der Waals surface area contributed by atoms with Crippen LogP contribution >= 0.6 is 23.2 Å². The zero-order valence-electron chi connectivity index (χ0n) is 16.4. The molecule has 0 saturated heterocycles. The third-order valence-corrected chi connectivity index (χ3v) is 5.86. The molecule has 2 N–H and O–H groups in total. The Hall–Kier alpha value is -2.44. The number of hydrogen-bond donors (Lipinski definition) is 2. The third-order valence-electron chi connectivity index (χ3n) is 5.15. The molecule has 1 amide bonds. The Morgan fingerprint density at radius 3 is 2.76 bits per heavy atom. The van der Waals surface area contributed by atoms with E-state index in [1.165, 1.54) is 0 Å².